The Balaban J connectivity index is 2.43. The predicted octanol–water partition coefficient (Wildman–Crippen LogP) is 0.441. The summed E-state index contributed by atoms with van der Waals surface area (Å²) in [7, 11) is 0. The van der Waals surface area contributed by atoms with Gasteiger partial charge in [0.1, 0.15) is 5.60 Å². The Labute approximate surface area is 84.6 Å². The minimum absolute atomic E-state index is 0.134. The summed E-state index contributed by atoms with van der Waals surface area (Å²) in [6, 6.07) is -0.134. The molecule has 0 aromatic heterocycles. The highest BCUT2D eigenvalue weighted by molar-refractivity contribution is 5.75. The van der Waals surface area contributed by atoms with E-state index in [1.807, 2.05) is 0 Å². The number of carbonyl (C=O) groups is 1. The van der Waals surface area contributed by atoms with Gasteiger partial charge in [-0.05, 0) is 40.2 Å². The van der Waals surface area contributed by atoms with Crippen molar-refractivity contribution in [3.63, 3.8) is 0 Å². The highest BCUT2D eigenvalue weighted by Crippen LogP contribution is 2.14. The lowest BCUT2D eigenvalue weighted by atomic mass is 10.1. The van der Waals surface area contributed by atoms with Crippen molar-refractivity contribution >= 4 is 5.97 Å². The van der Waals surface area contributed by atoms with E-state index >= 15 is 0 Å². The molecule has 0 bridgehead atoms. The average molecular weight is 201 g/mol. The minimum Gasteiger partial charge on any atom is -0.458 e. The second kappa shape index (κ2) is 4.28. The lowest BCUT2D eigenvalue weighted by Gasteiger charge is -2.24. The molecule has 0 aromatic rings. The quantitative estimate of drug-likeness (QED) is 0.636. The molecule has 1 heterocycles. The second-order valence-electron chi connectivity index (χ2n) is 4.68. The van der Waals surface area contributed by atoms with Crippen LogP contribution in [0, 0.1) is 0 Å². The molecule has 2 atom stereocenters. The fourth-order valence-electron chi connectivity index (χ4n) is 1.51. The molecule has 0 saturated carbocycles. The van der Waals surface area contributed by atoms with Gasteiger partial charge >= 0.3 is 5.97 Å². The maximum absolute atomic E-state index is 11.4. The first-order valence-corrected chi connectivity index (χ1v) is 5.04. The van der Waals surface area contributed by atoms with Crippen LogP contribution in [0.3, 0.4) is 0 Å². The molecule has 1 rings (SSSR count). The molecule has 1 unspecified atom stereocenters. The van der Waals surface area contributed by atoms with Crippen LogP contribution in [-0.4, -0.2) is 35.4 Å². The Morgan fingerprint density at radius 1 is 1.57 bits per heavy atom. The summed E-state index contributed by atoms with van der Waals surface area (Å²) in [6.45, 7) is 6.24. The smallest absolute Gasteiger partial charge is 0.337 e. The number of nitrogens with one attached hydrogen (secondary N) is 1. The SMILES string of the molecule is CC(C)(C)OC(=O)C(O)[C@@H]1CCCN1. The van der Waals surface area contributed by atoms with E-state index in [-0.39, 0.29) is 6.04 Å². The Kier molecular flexibility index (Phi) is 3.50. The Bertz CT molecular complexity index is 204. The van der Waals surface area contributed by atoms with Crippen LogP contribution in [0.25, 0.3) is 0 Å². The van der Waals surface area contributed by atoms with E-state index in [2.05, 4.69) is 5.32 Å². The molecule has 1 fully saturated rings. The van der Waals surface area contributed by atoms with Crippen molar-refractivity contribution in [3.05, 3.63) is 0 Å². The minimum atomic E-state index is -1.03. The van der Waals surface area contributed by atoms with Crippen molar-refractivity contribution in [1.29, 1.82) is 0 Å². The largest absolute Gasteiger partial charge is 0.458 e. The molecule has 0 amide bonds. The third-order valence-corrected chi connectivity index (χ3v) is 2.13. The van der Waals surface area contributed by atoms with E-state index in [0.29, 0.717) is 0 Å². The molecule has 0 radical (unpaired) electrons. The molecule has 4 nitrogen and oxygen atoms in total. The molecule has 1 aliphatic rings. The summed E-state index contributed by atoms with van der Waals surface area (Å²) in [4.78, 5) is 11.4. The van der Waals surface area contributed by atoms with Gasteiger partial charge < -0.3 is 15.2 Å². The summed E-state index contributed by atoms with van der Waals surface area (Å²) in [6.07, 6.45) is 0.807. The lowest BCUT2D eigenvalue weighted by molar-refractivity contribution is -0.166. The zero-order valence-corrected chi connectivity index (χ0v) is 9.04. The highest BCUT2D eigenvalue weighted by Gasteiger charge is 2.31. The van der Waals surface area contributed by atoms with Gasteiger partial charge in [0.2, 0.25) is 0 Å². The molecule has 82 valence electrons. The van der Waals surface area contributed by atoms with Gasteiger partial charge in [0.05, 0.1) is 0 Å². The fourth-order valence-corrected chi connectivity index (χ4v) is 1.51. The van der Waals surface area contributed by atoms with E-state index < -0.39 is 17.7 Å². The van der Waals surface area contributed by atoms with Crippen LogP contribution in [0.1, 0.15) is 33.6 Å². The topological polar surface area (TPSA) is 58.6 Å². The van der Waals surface area contributed by atoms with Crippen LogP contribution < -0.4 is 5.32 Å². The molecular formula is C10H19NO3. The number of rotatable bonds is 2. The first kappa shape index (κ1) is 11.5. The van der Waals surface area contributed by atoms with Crippen LogP contribution in [-0.2, 0) is 9.53 Å². The monoisotopic (exact) mass is 201 g/mol. The summed E-state index contributed by atoms with van der Waals surface area (Å²) in [5, 5.41) is 12.7. The number of aliphatic hydroxyl groups excluding tert-OH is 1. The standard InChI is InChI=1S/C10H19NO3/c1-10(2,3)14-9(13)8(12)7-5-4-6-11-7/h7-8,11-12H,4-6H2,1-3H3/t7-,8?/m0/s1. The molecule has 1 saturated heterocycles. The molecule has 0 spiro atoms. The molecule has 14 heavy (non-hydrogen) atoms. The normalized spacial score (nSPS) is 24.7. The summed E-state index contributed by atoms with van der Waals surface area (Å²) in [5.41, 5.74) is -0.531. The lowest BCUT2D eigenvalue weighted by Crippen LogP contribution is -2.43. The summed E-state index contributed by atoms with van der Waals surface area (Å²) in [5.74, 6) is -0.531. The van der Waals surface area contributed by atoms with Crippen molar-refractivity contribution in [2.45, 2.75) is 51.4 Å². The fraction of sp³-hybridized carbons (Fsp3) is 0.900. The number of ether oxygens (including phenoxy) is 1. The van der Waals surface area contributed by atoms with Gasteiger partial charge in [-0.15, -0.1) is 0 Å². The van der Waals surface area contributed by atoms with Crippen molar-refractivity contribution in [2.24, 2.45) is 0 Å². The summed E-state index contributed by atoms with van der Waals surface area (Å²) >= 11 is 0. The maximum atomic E-state index is 11.4. The molecule has 0 aromatic carbocycles. The Morgan fingerprint density at radius 3 is 2.64 bits per heavy atom. The molecule has 0 aliphatic carbocycles. The average Bonchev–Trinajstić information content (AvgIpc) is 2.51. The third kappa shape index (κ3) is 3.27. The third-order valence-electron chi connectivity index (χ3n) is 2.13. The van der Waals surface area contributed by atoms with Crippen molar-refractivity contribution in [3.8, 4) is 0 Å². The van der Waals surface area contributed by atoms with Crippen molar-refractivity contribution in [1.82, 2.24) is 5.32 Å². The van der Waals surface area contributed by atoms with Crippen molar-refractivity contribution in [2.75, 3.05) is 6.54 Å². The molecule has 4 heteroatoms. The van der Waals surface area contributed by atoms with E-state index in [1.165, 1.54) is 0 Å². The summed E-state index contributed by atoms with van der Waals surface area (Å²) < 4.78 is 5.08. The first-order chi connectivity index (χ1) is 6.40. The Morgan fingerprint density at radius 2 is 2.21 bits per heavy atom. The first-order valence-electron chi connectivity index (χ1n) is 5.04. The molecule has 2 N–H and O–H groups in total. The van der Waals surface area contributed by atoms with Crippen LogP contribution in [0.5, 0.6) is 0 Å². The number of carbonyl (C=O) groups excluding carboxylic acids is 1. The van der Waals surface area contributed by atoms with Gasteiger partial charge in [0.15, 0.2) is 6.10 Å². The van der Waals surface area contributed by atoms with Crippen LogP contribution in [0.4, 0.5) is 0 Å². The highest BCUT2D eigenvalue weighted by atomic mass is 16.6. The number of hydrogen-bond donors (Lipinski definition) is 2. The van der Waals surface area contributed by atoms with E-state index in [9.17, 15) is 9.90 Å². The van der Waals surface area contributed by atoms with Gasteiger partial charge in [-0.3, -0.25) is 0 Å². The van der Waals surface area contributed by atoms with E-state index in [1.54, 1.807) is 20.8 Å². The van der Waals surface area contributed by atoms with Gasteiger partial charge in [-0.1, -0.05) is 0 Å². The van der Waals surface area contributed by atoms with Gasteiger partial charge in [-0.2, -0.15) is 0 Å². The second-order valence-corrected chi connectivity index (χ2v) is 4.68. The maximum Gasteiger partial charge on any atom is 0.337 e. The van der Waals surface area contributed by atoms with Crippen LogP contribution >= 0.6 is 0 Å². The molecule has 1 aliphatic heterocycles. The Hall–Kier alpha value is -0.610. The van der Waals surface area contributed by atoms with Crippen LogP contribution in [0.15, 0.2) is 0 Å². The van der Waals surface area contributed by atoms with E-state index in [4.69, 9.17) is 4.74 Å². The predicted molar refractivity (Wildman–Crippen MR) is 52.9 cm³/mol. The van der Waals surface area contributed by atoms with E-state index in [0.717, 1.165) is 19.4 Å². The number of aliphatic hydroxyl groups is 1. The van der Waals surface area contributed by atoms with Gasteiger partial charge in [-0.25, -0.2) is 4.79 Å². The zero-order chi connectivity index (χ0) is 10.8. The molecular weight excluding hydrogens is 182 g/mol. The number of esters is 1. The van der Waals surface area contributed by atoms with Gasteiger partial charge in [0, 0.05) is 6.04 Å². The zero-order valence-electron chi connectivity index (χ0n) is 9.04. The van der Waals surface area contributed by atoms with Crippen LogP contribution in [0.2, 0.25) is 0 Å². The number of hydrogen-bond acceptors (Lipinski definition) is 4. The van der Waals surface area contributed by atoms with Crippen molar-refractivity contribution < 1.29 is 14.6 Å². The van der Waals surface area contributed by atoms with Gasteiger partial charge in [0.25, 0.3) is 0 Å².